The van der Waals surface area contributed by atoms with Gasteiger partial charge in [0.2, 0.25) is 0 Å². The van der Waals surface area contributed by atoms with E-state index in [1.165, 1.54) is 0 Å². The zero-order valence-corrected chi connectivity index (χ0v) is 11.6. The highest BCUT2D eigenvalue weighted by Crippen LogP contribution is 2.14. The normalized spacial score (nSPS) is 26.3. The quantitative estimate of drug-likeness (QED) is 0.854. The first kappa shape index (κ1) is 14.9. The van der Waals surface area contributed by atoms with Crippen LogP contribution >= 0.6 is 0 Å². The molecule has 6 heteroatoms. The molecule has 1 saturated heterocycles. The summed E-state index contributed by atoms with van der Waals surface area (Å²) in [6, 6.07) is 2.99. The Hall–Kier alpha value is -1.53. The molecule has 1 unspecified atom stereocenters. The van der Waals surface area contributed by atoms with Gasteiger partial charge in [-0.05, 0) is 26.0 Å². The molecule has 1 heterocycles. The van der Waals surface area contributed by atoms with E-state index in [9.17, 15) is 13.6 Å². The predicted molar refractivity (Wildman–Crippen MR) is 70.6 cm³/mol. The maximum Gasteiger partial charge on any atom is 0.279 e. The average molecular weight is 285 g/mol. The number of hydrogen-bond acceptors (Lipinski definition) is 2. The highest BCUT2D eigenvalue weighted by Gasteiger charge is 2.27. The number of nitrogens with one attached hydrogen (secondary N) is 2. The number of quaternary nitrogens is 1. The summed E-state index contributed by atoms with van der Waals surface area (Å²) in [6.07, 6.45) is 0.180. The molecule has 1 fully saturated rings. The van der Waals surface area contributed by atoms with Gasteiger partial charge in [0.15, 0.2) is 6.54 Å². The van der Waals surface area contributed by atoms with Gasteiger partial charge in [-0.2, -0.15) is 0 Å². The summed E-state index contributed by atoms with van der Waals surface area (Å²) in [4.78, 5) is 13.0. The molecule has 0 bridgehead atoms. The number of carbonyl (C=O) groups excluding carboxylic acids is 1. The van der Waals surface area contributed by atoms with Crippen molar-refractivity contribution in [3.8, 4) is 0 Å². The molecule has 2 rings (SSSR count). The molecule has 0 spiro atoms. The van der Waals surface area contributed by atoms with E-state index < -0.39 is 11.6 Å². The fraction of sp³-hybridized carbons (Fsp3) is 0.500. The van der Waals surface area contributed by atoms with Crippen molar-refractivity contribution >= 4 is 11.6 Å². The fourth-order valence-corrected chi connectivity index (χ4v) is 2.55. The van der Waals surface area contributed by atoms with Crippen LogP contribution < -0.4 is 10.2 Å². The molecule has 0 saturated carbocycles. The molecule has 1 aromatic carbocycles. The molecule has 1 aromatic rings. The minimum atomic E-state index is -0.640. The van der Waals surface area contributed by atoms with Crippen molar-refractivity contribution in [2.45, 2.75) is 26.1 Å². The Bertz CT molecular complexity index is 486. The van der Waals surface area contributed by atoms with Crippen LogP contribution in [0.4, 0.5) is 14.5 Å². The summed E-state index contributed by atoms with van der Waals surface area (Å²) in [7, 11) is 0. The smallest absolute Gasteiger partial charge is 0.279 e. The lowest BCUT2D eigenvalue weighted by Crippen LogP contribution is -3.16. The number of carbonyl (C=O) groups is 1. The third-order valence-corrected chi connectivity index (χ3v) is 3.23. The maximum atomic E-state index is 13.4. The number of benzene rings is 1. The van der Waals surface area contributed by atoms with Gasteiger partial charge < -0.3 is 15.0 Å². The van der Waals surface area contributed by atoms with Gasteiger partial charge in [0, 0.05) is 6.07 Å². The molecule has 1 aliphatic rings. The maximum absolute atomic E-state index is 13.4. The molecule has 0 radical (unpaired) electrons. The number of rotatable bonds is 3. The van der Waals surface area contributed by atoms with E-state index in [4.69, 9.17) is 4.74 Å². The molecule has 110 valence electrons. The molecule has 4 nitrogen and oxygen atoms in total. The van der Waals surface area contributed by atoms with Gasteiger partial charge in [0.1, 0.15) is 36.9 Å². The van der Waals surface area contributed by atoms with Crippen LogP contribution in [0.2, 0.25) is 0 Å². The zero-order valence-electron chi connectivity index (χ0n) is 11.6. The lowest BCUT2D eigenvalue weighted by Gasteiger charge is -2.31. The van der Waals surface area contributed by atoms with Crippen molar-refractivity contribution in [3.63, 3.8) is 0 Å². The Balaban J connectivity index is 1.93. The minimum Gasteiger partial charge on any atom is -0.364 e. The SMILES string of the molecule is C[C@@H]1C[NH+](CC(=O)Nc2cc(F)ccc2F)C[C@H](C)O1. The summed E-state index contributed by atoms with van der Waals surface area (Å²) >= 11 is 0. The molecule has 3 atom stereocenters. The molecular formula is C14H19F2N2O2+. The highest BCUT2D eigenvalue weighted by molar-refractivity contribution is 5.91. The lowest BCUT2D eigenvalue weighted by molar-refractivity contribution is -0.907. The second-order valence-corrected chi connectivity index (χ2v) is 5.26. The van der Waals surface area contributed by atoms with Crippen LogP contribution in [0.5, 0.6) is 0 Å². The van der Waals surface area contributed by atoms with Crippen LogP contribution in [0.25, 0.3) is 0 Å². The van der Waals surface area contributed by atoms with Crippen molar-refractivity contribution < 1.29 is 23.2 Å². The van der Waals surface area contributed by atoms with E-state index in [1.54, 1.807) is 0 Å². The van der Waals surface area contributed by atoms with Crippen molar-refractivity contribution in [1.82, 2.24) is 0 Å². The Morgan fingerprint density at radius 2 is 2.00 bits per heavy atom. The van der Waals surface area contributed by atoms with E-state index in [2.05, 4.69) is 5.32 Å². The molecule has 1 amide bonds. The monoisotopic (exact) mass is 285 g/mol. The van der Waals surface area contributed by atoms with Gasteiger partial charge in [0.25, 0.3) is 5.91 Å². The van der Waals surface area contributed by atoms with Crippen LogP contribution in [0, 0.1) is 11.6 Å². The van der Waals surface area contributed by atoms with Crippen molar-refractivity contribution in [2.24, 2.45) is 0 Å². The Morgan fingerprint density at radius 3 is 2.65 bits per heavy atom. The second-order valence-electron chi connectivity index (χ2n) is 5.26. The standard InChI is InChI=1S/C14H18F2N2O2/c1-9-6-18(7-10(2)20-9)8-14(19)17-13-5-11(15)3-4-12(13)16/h3-5,9-10H,6-8H2,1-2H3,(H,17,19)/p+1/t9-,10+. The van der Waals surface area contributed by atoms with E-state index in [0.29, 0.717) is 0 Å². The average Bonchev–Trinajstić information content (AvgIpc) is 2.32. The topological polar surface area (TPSA) is 42.8 Å². The van der Waals surface area contributed by atoms with Crippen molar-refractivity contribution in [1.29, 1.82) is 0 Å². The number of amides is 1. The summed E-state index contributed by atoms with van der Waals surface area (Å²) < 4.78 is 32.0. The van der Waals surface area contributed by atoms with Crippen molar-refractivity contribution in [2.75, 3.05) is 25.0 Å². The molecule has 20 heavy (non-hydrogen) atoms. The van der Waals surface area contributed by atoms with E-state index in [1.807, 2.05) is 13.8 Å². The van der Waals surface area contributed by atoms with Crippen molar-refractivity contribution in [3.05, 3.63) is 29.8 Å². The Morgan fingerprint density at radius 1 is 1.35 bits per heavy atom. The van der Waals surface area contributed by atoms with Crippen LogP contribution in [-0.2, 0) is 9.53 Å². The van der Waals surface area contributed by atoms with Gasteiger partial charge in [0.05, 0.1) is 5.69 Å². The fourth-order valence-electron chi connectivity index (χ4n) is 2.55. The van der Waals surface area contributed by atoms with Gasteiger partial charge in [-0.1, -0.05) is 0 Å². The number of morpholine rings is 1. The largest absolute Gasteiger partial charge is 0.364 e. The second kappa shape index (κ2) is 6.28. The van der Waals surface area contributed by atoms with Gasteiger partial charge >= 0.3 is 0 Å². The van der Waals surface area contributed by atoms with Crippen LogP contribution in [-0.4, -0.2) is 37.7 Å². The van der Waals surface area contributed by atoms with E-state index >= 15 is 0 Å². The third kappa shape index (κ3) is 3.98. The molecule has 2 N–H and O–H groups in total. The third-order valence-electron chi connectivity index (χ3n) is 3.23. The van der Waals surface area contributed by atoms with Crippen LogP contribution in [0.15, 0.2) is 18.2 Å². The van der Waals surface area contributed by atoms with Gasteiger partial charge in [-0.25, -0.2) is 8.78 Å². The van der Waals surface area contributed by atoms with Crippen LogP contribution in [0.1, 0.15) is 13.8 Å². The van der Waals surface area contributed by atoms with E-state index in [-0.39, 0.29) is 30.3 Å². The number of hydrogen-bond donors (Lipinski definition) is 2. The predicted octanol–water partition coefficient (Wildman–Crippen LogP) is 0.595. The summed E-state index contributed by atoms with van der Waals surface area (Å²) in [5.74, 6) is -1.55. The highest BCUT2D eigenvalue weighted by atomic mass is 19.1. The molecular weight excluding hydrogens is 266 g/mol. The van der Waals surface area contributed by atoms with Gasteiger partial charge in [-0.3, -0.25) is 4.79 Å². The Kier molecular flexibility index (Phi) is 4.67. The number of ether oxygens (including phenoxy) is 1. The van der Waals surface area contributed by atoms with E-state index in [0.717, 1.165) is 36.2 Å². The summed E-state index contributed by atoms with van der Waals surface area (Å²) in [5.41, 5.74) is -0.122. The van der Waals surface area contributed by atoms with Crippen LogP contribution in [0.3, 0.4) is 0 Å². The zero-order chi connectivity index (χ0) is 14.7. The molecule has 1 aliphatic heterocycles. The first-order valence-electron chi connectivity index (χ1n) is 6.68. The van der Waals surface area contributed by atoms with Gasteiger partial charge in [-0.15, -0.1) is 0 Å². The first-order chi connectivity index (χ1) is 9.44. The lowest BCUT2D eigenvalue weighted by atomic mass is 10.2. The summed E-state index contributed by atoms with van der Waals surface area (Å²) in [5, 5.41) is 2.41. The molecule has 0 aliphatic carbocycles. The Labute approximate surface area is 116 Å². The first-order valence-corrected chi connectivity index (χ1v) is 6.68. The molecule has 0 aromatic heterocycles. The summed E-state index contributed by atoms with van der Waals surface area (Å²) in [6.45, 7) is 5.58. The number of halogens is 2. The minimum absolute atomic E-state index is 0.0902. The number of anilines is 1.